The summed E-state index contributed by atoms with van der Waals surface area (Å²) in [5, 5.41) is 2.58. The highest BCUT2D eigenvalue weighted by Crippen LogP contribution is 2.35. The highest BCUT2D eigenvalue weighted by atomic mass is 35.5. The topological polar surface area (TPSA) is 67.4 Å². The molecule has 1 aliphatic rings. The fourth-order valence-corrected chi connectivity index (χ4v) is 5.16. The lowest BCUT2D eigenvalue weighted by Crippen LogP contribution is -2.44. The molecule has 12 heteroatoms. The number of benzene rings is 1. The van der Waals surface area contributed by atoms with Crippen LogP contribution in [0, 0.1) is 11.6 Å². The number of rotatable bonds is 8. The van der Waals surface area contributed by atoms with E-state index < -0.39 is 30.0 Å². The zero-order valence-corrected chi connectivity index (χ0v) is 19.8. The van der Waals surface area contributed by atoms with Crippen LogP contribution < -0.4 is 10.1 Å². The maximum absolute atomic E-state index is 14.2. The van der Waals surface area contributed by atoms with Crippen molar-refractivity contribution in [3.63, 3.8) is 0 Å². The zero-order valence-electron chi connectivity index (χ0n) is 18.3. The molecule has 1 fully saturated rings. The second-order valence-electron chi connectivity index (χ2n) is 7.87. The molecule has 0 radical (unpaired) electrons. The number of hydrogen-bond acceptors (Lipinski definition) is 6. The predicted molar refractivity (Wildman–Crippen MR) is 123 cm³/mol. The number of halogens is 5. The normalized spacial score (nSPS) is 15.8. The number of aromatic nitrogens is 2. The fourth-order valence-electron chi connectivity index (χ4n) is 3.98. The first-order valence-electron chi connectivity index (χ1n) is 10.8. The zero-order chi connectivity index (χ0) is 24.9. The number of likely N-dealkylation sites (tertiary alicyclic amines) is 1. The van der Waals surface area contributed by atoms with Crippen LogP contribution in [0.25, 0.3) is 0 Å². The van der Waals surface area contributed by atoms with E-state index in [0.717, 1.165) is 17.4 Å². The number of carbonyl (C=O) groups is 1. The maximum atomic E-state index is 14.2. The third-order valence-corrected chi connectivity index (χ3v) is 6.96. The van der Waals surface area contributed by atoms with E-state index in [1.165, 1.54) is 36.0 Å². The van der Waals surface area contributed by atoms with Gasteiger partial charge >= 0.3 is 0 Å². The Balaban J connectivity index is 1.48. The number of alkyl halides is 2. The molecule has 186 valence electrons. The molecule has 0 saturated carbocycles. The average molecular weight is 529 g/mol. The van der Waals surface area contributed by atoms with E-state index >= 15 is 0 Å². The van der Waals surface area contributed by atoms with Crippen molar-refractivity contribution in [2.24, 2.45) is 0 Å². The Hall–Kier alpha value is -2.76. The quantitative estimate of drug-likeness (QED) is 0.395. The molecule has 35 heavy (non-hydrogen) atoms. The number of pyridine rings is 1. The van der Waals surface area contributed by atoms with E-state index in [9.17, 15) is 22.4 Å². The summed E-state index contributed by atoms with van der Waals surface area (Å²) in [6, 6.07) is 5.98. The minimum Gasteiger partial charge on any atom is -0.472 e. The number of nitrogens with zero attached hydrogens (tertiary/aromatic N) is 3. The second kappa shape index (κ2) is 11.3. The number of carbonyl (C=O) groups excluding carboxylic acids is 1. The first kappa shape index (κ1) is 25.3. The molecule has 1 unspecified atom stereocenters. The van der Waals surface area contributed by atoms with Gasteiger partial charge in [-0.2, -0.15) is 0 Å². The second-order valence-corrected chi connectivity index (χ2v) is 9.16. The molecule has 0 bridgehead atoms. The molecule has 1 aliphatic heterocycles. The van der Waals surface area contributed by atoms with Crippen LogP contribution in [-0.2, 0) is 0 Å². The van der Waals surface area contributed by atoms with Gasteiger partial charge in [0.25, 0.3) is 18.2 Å². The Morgan fingerprint density at radius 1 is 1.17 bits per heavy atom. The molecule has 1 atom stereocenters. The predicted octanol–water partition coefficient (Wildman–Crippen LogP) is 5.42. The molecule has 1 saturated heterocycles. The molecular formula is C23H21ClF4N4O2S. The van der Waals surface area contributed by atoms with Gasteiger partial charge in [-0.3, -0.25) is 9.69 Å². The van der Waals surface area contributed by atoms with Gasteiger partial charge in [0.2, 0.25) is 0 Å². The van der Waals surface area contributed by atoms with E-state index in [4.69, 9.17) is 16.3 Å². The Labute approximate surface area is 207 Å². The van der Waals surface area contributed by atoms with Gasteiger partial charge in [0.1, 0.15) is 17.6 Å². The van der Waals surface area contributed by atoms with E-state index in [0.29, 0.717) is 30.8 Å². The van der Waals surface area contributed by atoms with E-state index in [-0.39, 0.29) is 34.8 Å². The van der Waals surface area contributed by atoms with Gasteiger partial charge in [0, 0.05) is 25.8 Å². The van der Waals surface area contributed by atoms with Crippen molar-refractivity contribution in [2.45, 2.75) is 31.4 Å². The van der Waals surface area contributed by atoms with Crippen molar-refractivity contribution in [1.82, 2.24) is 20.2 Å². The third-order valence-electron chi connectivity index (χ3n) is 5.70. The molecule has 3 aromatic rings. The van der Waals surface area contributed by atoms with Crippen molar-refractivity contribution < 1.29 is 27.1 Å². The minimum absolute atomic E-state index is 0.0511. The monoisotopic (exact) mass is 528 g/mol. The summed E-state index contributed by atoms with van der Waals surface area (Å²) < 4.78 is 60.9. The van der Waals surface area contributed by atoms with Crippen molar-refractivity contribution in [1.29, 1.82) is 0 Å². The van der Waals surface area contributed by atoms with E-state index in [2.05, 4.69) is 15.3 Å². The van der Waals surface area contributed by atoms with E-state index in [1.54, 1.807) is 0 Å². The molecule has 4 rings (SSSR count). The fraction of sp³-hybridized carbons (Fsp3) is 0.348. The molecule has 1 N–H and O–H groups in total. The SMILES string of the molecule is O=C(NCC(c1scnc1C(F)F)N1CCC(Oc2ncccc2F)CC1)c1c(F)cccc1Cl. The van der Waals surface area contributed by atoms with Crippen molar-refractivity contribution in [2.75, 3.05) is 19.6 Å². The van der Waals surface area contributed by atoms with Gasteiger partial charge in [0.15, 0.2) is 5.82 Å². The van der Waals surface area contributed by atoms with Crippen LogP contribution in [0.3, 0.4) is 0 Å². The Kier molecular flexibility index (Phi) is 8.19. The highest BCUT2D eigenvalue weighted by molar-refractivity contribution is 7.09. The van der Waals surface area contributed by atoms with Crippen LogP contribution in [0.4, 0.5) is 17.6 Å². The Bertz CT molecular complexity index is 1150. The number of amides is 1. The summed E-state index contributed by atoms with van der Waals surface area (Å²) >= 11 is 7.05. The number of nitrogens with one attached hydrogen (secondary N) is 1. The first-order chi connectivity index (χ1) is 16.8. The number of ether oxygens (including phenoxy) is 1. The molecule has 2 aromatic heterocycles. The largest absolute Gasteiger partial charge is 0.472 e. The summed E-state index contributed by atoms with van der Waals surface area (Å²) in [7, 11) is 0. The molecule has 0 aliphatic carbocycles. The summed E-state index contributed by atoms with van der Waals surface area (Å²) in [5.74, 6) is -2.17. The molecule has 3 heterocycles. The van der Waals surface area contributed by atoms with Crippen LogP contribution in [0.2, 0.25) is 5.02 Å². The van der Waals surface area contributed by atoms with Gasteiger partial charge in [-0.15, -0.1) is 11.3 Å². The average Bonchev–Trinajstić information content (AvgIpc) is 3.32. The number of hydrogen-bond donors (Lipinski definition) is 1. The van der Waals surface area contributed by atoms with Gasteiger partial charge in [0.05, 0.1) is 27.0 Å². The van der Waals surface area contributed by atoms with Crippen molar-refractivity contribution in [3.05, 3.63) is 74.8 Å². The van der Waals surface area contributed by atoms with Crippen molar-refractivity contribution >= 4 is 28.8 Å². The van der Waals surface area contributed by atoms with Crippen LogP contribution in [0.1, 0.15) is 46.2 Å². The van der Waals surface area contributed by atoms with Crippen LogP contribution in [-0.4, -0.2) is 46.5 Å². The number of piperidine rings is 1. The third kappa shape index (κ3) is 5.91. The lowest BCUT2D eigenvalue weighted by atomic mass is 10.0. The molecule has 6 nitrogen and oxygen atoms in total. The molecule has 1 aromatic carbocycles. The van der Waals surface area contributed by atoms with Crippen LogP contribution >= 0.6 is 22.9 Å². The van der Waals surface area contributed by atoms with Crippen LogP contribution in [0.5, 0.6) is 5.88 Å². The van der Waals surface area contributed by atoms with Gasteiger partial charge in [-0.25, -0.2) is 27.5 Å². The first-order valence-corrected chi connectivity index (χ1v) is 12.1. The molecule has 0 spiro atoms. The van der Waals surface area contributed by atoms with E-state index in [1.807, 2.05) is 4.90 Å². The summed E-state index contributed by atoms with van der Waals surface area (Å²) in [6.45, 7) is 0.799. The molecular weight excluding hydrogens is 508 g/mol. The summed E-state index contributed by atoms with van der Waals surface area (Å²) in [6.07, 6.45) is -0.684. The lowest BCUT2D eigenvalue weighted by molar-refractivity contribution is 0.0660. The maximum Gasteiger partial charge on any atom is 0.281 e. The van der Waals surface area contributed by atoms with Crippen LogP contribution in [0.15, 0.2) is 42.0 Å². The van der Waals surface area contributed by atoms with Crippen molar-refractivity contribution in [3.8, 4) is 5.88 Å². The lowest BCUT2D eigenvalue weighted by Gasteiger charge is -2.37. The molecule has 1 amide bonds. The highest BCUT2D eigenvalue weighted by Gasteiger charge is 2.32. The van der Waals surface area contributed by atoms with Gasteiger partial charge in [-0.05, 0) is 37.1 Å². The van der Waals surface area contributed by atoms with Gasteiger partial charge in [-0.1, -0.05) is 17.7 Å². The smallest absolute Gasteiger partial charge is 0.281 e. The minimum atomic E-state index is -2.79. The van der Waals surface area contributed by atoms with Gasteiger partial charge < -0.3 is 10.1 Å². The standard InChI is InChI=1S/C23H21ClF4N4O2S/c24-14-3-1-4-15(25)18(14)22(33)30-11-17(20-19(21(27)28)31-12-35-20)32-9-6-13(7-10-32)34-23-16(26)5-2-8-29-23/h1-5,8,12-13,17,21H,6-7,9-11H2,(H,30,33). The Morgan fingerprint density at radius 2 is 1.91 bits per heavy atom. The summed E-state index contributed by atoms with van der Waals surface area (Å²) in [5.41, 5.74) is 0.668. The Morgan fingerprint density at radius 3 is 2.60 bits per heavy atom. The number of thiazole rings is 1. The summed E-state index contributed by atoms with van der Waals surface area (Å²) in [4.78, 5) is 22.6.